The fourth-order valence-electron chi connectivity index (χ4n) is 4.63. The molecule has 3 aromatic carbocycles. The number of para-hydroxylation sites is 1. The fraction of sp³-hybridized carbons (Fsp3) is 0.259. The van der Waals surface area contributed by atoms with Crippen LogP contribution in [0.4, 0.5) is 5.69 Å². The van der Waals surface area contributed by atoms with Gasteiger partial charge in [-0.05, 0) is 30.2 Å². The summed E-state index contributed by atoms with van der Waals surface area (Å²) in [5.74, 6) is 0.197. The number of nitrogens with one attached hydrogen (secondary N) is 1. The van der Waals surface area contributed by atoms with Gasteiger partial charge in [-0.3, -0.25) is 14.5 Å². The summed E-state index contributed by atoms with van der Waals surface area (Å²) in [6, 6.07) is 26.5. The number of benzene rings is 3. The number of nitrogens with zero attached hydrogens (tertiary/aromatic N) is 2. The lowest BCUT2D eigenvalue weighted by atomic mass is 9.96. The van der Waals surface area contributed by atoms with E-state index in [-0.39, 0.29) is 17.9 Å². The van der Waals surface area contributed by atoms with Gasteiger partial charge < -0.3 is 15.0 Å². The minimum atomic E-state index is -0.624. The molecule has 1 atom stereocenters. The van der Waals surface area contributed by atoms with Gasteiger partial charge in [0.15, 0.2) is 11.9 Å². The van der Waals surface area contributed by atoms with E-state index in [9.17, 15) is 9.59 Å². The van der Waals surface area contributed by atoms with Gasteiger partial charge in [-0.1, -0.05) is 66.7 Å². The number of carbonyl (C=O) groups excluding carboxylic acids is 2. The third kappa shape index (κ3) is 4.22. The van der Waals surface area contributed by atoms with Gasteiger partial charge in [-0.25, -0.2) is 0 Å². The van der Waals surface area contributed by atoms with Crippen molar-refractivity contribution in [2.45, 2.75) is 19.1 Å². The van der Waals surface area contributed by atoms with Crippen LogP contribution in [0.2, 0.25) is 0 Å². The summed E-state index contributed by atoms with van der Waals surface area (Å²) < 4.78 is 5.79. The minimum absolute atomic E-state index is 0.0641. The SMILES string of the molecule is CC1Oc2c(cccc2C(=O)N2CCN(C(c3ccccc3)c3ccccc3)CC2)NC1=O. The summed E-state index contributed by atoms with van der Waals surface area (Å²) in [6.07, 6.45) is -0.624. The fourth-order valence-corrected chi connectivity index (χ4v) is 4.63. The highest BCUT2D eigenvalue weighted by atomic mass is 16.5. The molecule has 2 aliphatic heterocycles. The van der Waals surface area contributed by atoms with Crippen LogP contribution in [-0.4, -0.2) is 53.9 Å². The molecular weight excluding hydrogens is 414 g/mol. The predicted octanol–water partition coefficient (Wildman–Crippen LogP) is 3.95. The largest absolute Gasteiger partial charge is 0.478 e. The number of amides is 2. The van der Waals surface area contributed by atoms with Crippen LogP contribution in [0, 0.1) is 0 Å². The van der Waals surface area contributed by atoms with E-state index in [4.69, 9.17) is 4.74 Å². The number of rotatable bonds is 4. The van der Waals surface area contributed by atoms with Crippen LogP contribution < -0.4 is 10.1 Å². The van der Waals surface area contributed by atoms with Crippen LogP contribution in [0.3, 0.4) is 0 Å². The minimum Gasteiger partial charge on any atom is -0.478 e. The lowest BCUT2D eigenvalue weighted by Gasteiger charge is -2.40. The number of piperazine rings is 1. The molecule has 6 nitrogen and oxygen atoms in total. The van der Waals surface area contributed by atoms with Crippen LogP contribution in [0.1, 0.15) is 34.5 Å². The van der Waals surface area contributed by atoms with Gasteiger partial charge in [-0.15, -0.1) is 0 Å². The molecule has 6 heteroatoms. The maximum absolute atomic E-state index is 13.4. The first-order valence-corrected chi connectivity index (χ1v) is 11.4. The molecule has 1 fully saturated rings. The molecule has 0 aliphatic carbocycles. The van der Waals surface area contributed by atoms with Crippen LogP contribution in [-0.2, 0) is 4.79 Å². The number of anilines is 1. The molecular formula is C27H27N3O3. The molecule has 1 N–H and O–H groups in total. The van der Waals surface area contributed by atoms with Crippen molar-refractivity contribution in [1.29, 1.82) is 0 Å². The van der Waals surface area contributed by atoms with Gasteiger partial charge >= 0.3 is 0 Å². The number of hydrogen-bond donors (Lipinski definition) is 1. The number of fused-ring (bicyclic) bond motifs is 1. The molecule has 1 saturated heterocycles. The molecule has 168 valence electrons. The average molecular weight is 442 g/mol. The van der Waals surface area contributed by atoms with Gasteiger partial charge in [-0.2, -0.15) is 0 Å². The van der Waals surface area contributed by atoms with Crippen molar-refractivity contribution >= 4 is 17.5 Å². The lowest BCUT2D eigenvalue weighted by Crippen LogP contribution is -2.50. The Balaban J connectivity index is 1.34. The van der Waals surface area contributed by atoms with Crippen molar-refractivity contribution in [3.8, 4) is 5.75 Å². The van der Waals surface area contributed by atoms with E-state index in [0.29, 0.717) is 30.1 Å². The Hall–Kier alpha value is -3.64. The van der Waals surface area contributed by atoms with Crippen molar-refractivity contribution in [3.05, 3.63) is 95.6 Å². The molecule has 2 amide bonds. The third-order valence-corrected chi connectivity index (χ3v) is 6.36. The summed E-state index contributed by atoms with van der Waals surface area (Å²) in [6.45, 7) is 4.47. The molecule has 5 rings (SSSR count). The highest BCUT2D eigenvalue weighted by molar-refractivity contribution is 6.04. The van der Waals surface area contributed by atoms with E-state index in [1.165, 1.54) is 11.1 Å². The van der Waals surface area contributed by atoms with Crippen LogP contribution in [0.25, 0.3) is 0 Å². The summed E-state index contributed by atoms with van der Waals surface area (Å²) in [5.41, 5.74) is 3.55. The lowest BCUT2D eigenvalue weighted by molar-refractivity contribution is -0.122. The van der Waals surface area contributed by atoms with Gasteiger partial charge in [0, 0.05) is 26.2 Å². The Kier molecular flexibility index (Phi) is 5.84. The zero-order valence-electron chi connectivity index (χ0n) is 18.6. The van der Waals surface area contributed by atoms with E-state index in [1.54, 1.807) is 25.1 Å². The first-order valence-electron chi connectivity index (χ1n) is 11.4. The number of carbonyl (C=O) groups is 2. The molecule has 0 saturated carbocycles. The summed E-state index contributed by atoms with van der Waals surface area (Å²) in [7, 11) is 0. The molecule has 3 aromatic rings. The van der Waals surface area contributed by atoms with Crippen molar-refractivity contribution in [3.63, 3.8) is 0 Å². The monoisotopic (exact) mass is 441 g/mol. The standard InChI is InChI=1S/C27H27N3O3/c1-19-26(31)28-23-14-8-13-22(25(23)33-19)27(32)30-17-15-29(16-18-30)24(20-9-4-2-5-10-20)21-11-6-3-7-12-21/h2-14,19,24H,15-18H2,1H3,(H,28,31). The van der Waals surface area contributed by atoms with Crippen LogP contribution >= 0.6 is 0 Å². The molecule has 0 bridgehead atoms. The first-order chi connectivity index (χ1) is 16.1. The van der Waals surface area contributed by atoms with E-state index in [2.05, 4.69) is 58.7 Å². The highest BCUT2D eigenvalue weighted by Crippen LogP contribution is 2.35. The Morgan fingerprint density at radius 3 is 2.09 bits per heavy atom. The second kappa shape index (κ2) is 9.08. The predicted molar refractivity (Wildman–Crippen MR) is 127 cm³/mol. The molecule has 2 aliphatic rings. The topological polar surface area (TPSA) is 61.9 Å². The molecule has 0 spiro atoms. The second-order valence-electron chi connectivity index (χ2n) is 8.48. The molecule has 33 heavy (non-hydrogen) atoms. The first kappa shape index (κ1) is 21.2. The molecule has 1 unspecified atom stereocenters. The molecule has 0 radical (unpaired) electrons. The van der Waals surface area contributed by atoms with E-state index < -0.39 is 6.10 Å². The van der Waals surface area contributed by atoms with Crippen LogP contribution in [0.5, 0.6) is 5.75 Å². The van der Waals surface area contributed by atoms with Gasteiger partial charge in [0.05, 0.1) is 17.3 Å². The van der Waals surface area contributed by atoms with E-state index in [0.717, 1.165) is 13.1 Å². The van der Waals surface area contributed by atoms with Gasteiger partial charge in [0.25, 0.3) is 11.8 Å². The van der Waals surface area contributed by atoms with E-state index in [1.807, 2.05) is 17.0 Å². The molecule has 0 aromatic heterocycles. The summed E-state index contributed by atoms with van der Waals surface area (Å²) >= 11 is 0. The zero-order chi connectivity index (χ0) is 22.8. The van der Waals surface area contributed by atoms with Gasteiger partial charge in [0.2, 0.25) is 0 Å². The van der Waals surface area contributed by atoms with E-state index >= 15 is 0 Å². The maximum Gasteiger partial charge on any atom is 0.265 e. The quantitative estimate of drug-likeness (QED) is 0.666. The number of ether oxygens (including phenoxy) is 1. The smallest absolute Gasteiger partial charge is 0.265 e. The highest BCUT2D eigenvalue weighted by Gasteiger charge is 2.32. The van der Waals surface area contributed by atoms with Crippen LogP contribution in [0.15, 0.2) is 78.9 Å². The summed E-state index contributed by atoms with van der Waals surface area (Å²) in [5, 5.41) is 2.82. The third-order valence-electron chi connectivity index (χ3n) is 6.36. The Morgan fingerprint density at radius 2 is 1.48 bits per heavy atom. The van der Waals surface area contributed by atoms with Gasteiger partial charge in [0.1, 0.15) is 0 Å². The zero-order valence-corrected chi connectivity index (χ0v) is 18.6. The maximum atomic E-state index is 13.4. The Morgan fingerprint density at radius 1 is 0.879 bits per heavy atom. The number of hydrogen-bond acceptors (Lipinski definition) is 4. The molecule has 2 heterocycles. The van der Waals surface area contributed by atoms with Crippen molar-refractivity contribution < 1.29 is 14.3 Å². The Labute approximate surface area is 193 Å². The normalized spacial score (nSPS) is 18.4. The second-order valence-corrected chi connectivity index (χ2v) is 8.48. The Bertz CT molecular complexity index is 1100. The van der Waals surface area contributed by atoms with Crippen molar-refractivity contribution in [2.24, 2.45) is 0 Å². The van der Waals surface area contributed by atoms with Crippen molar-refractivity contribution in [1.82, 2.24) is 9.80 Å². The van der Waals surface area contributed by atoms with Crippen molar-refractivity contribution in [2.75, 3.05) is 31.5 Å². The average Bonchev–Trinajstić information content (AvgIpc) is 2.86. The summed E-state index contributed by atoms with van der Waals surface area (Å²) in [4.78, 5) is 29.6.